The number of halogens is 2. The lowest BCUT2D eigenvalue weighted by atomic mass is 10.00. The van der Waals surface area contributed by atoms with Gasteiger partial charge in [-0.05, 0) is 41.5 Å². The number of hydrogen-bond donors (Lipinski definition) is 0. The third kappa shape index (κ3) is 5.10. The van der Waals surface area contributed by atoms with Gasteiger partial charge in [0.2, 0.25) is 0 Å². The molecule has 160 valence electrons. The summed E-state index contributed by atoms with van der Waals surface area (Å²) in [6.45, 7) is 0.374. The van der Waals surface area contributed by atoms with Crippen LogP contribution in [0.4, 0.5) is 15.9 Å². The zero-order valence-electron chi connectivity index (χ0n) is 17.0. The molecule has 1 heterocycles. The molecular formula is C25H19ClFN3O2. The zero-order chi connectivity index (χ0) is 22.3. The summed E-state index contributed by atoms with van der Waals surface area (Å²) in [7, 11) is 0. The molecule has 0 radical (unpaired) electrons. The molecule has 3 aromatic carbocycles. The molecule has 4 rings (SSSR count). The summed E-state index contributed by atoms with van der Waals surface area (Å²) in [5, 5.41) is 0.274. The van der Waals surface area contributed by atoms with E-state index in [0.29, 0.717) is 17.1 Å². The second-order valence-corrected chi connectivity index (χ2v) is 7.26. The summed E-state index contributed by atoms with van der Waals surface area (Å²) in [5.41, 5.74) is 2.90. The van der Waals surface area contributed by atoms with E-state index in [1.165, 1.54) is 18.5 Å². The average molecular weight is 448 g/mol. The zero-order valence-corrected chi connectivity index (χ0v) is 17.7. The third-order valence-electron chi connectivity index (χ3n) is 4.81. The van der Waals surface area contributed by atoms with Crippen LogP contribution in [0.1, 0.15) is 10.4 Å². The summed E-state index contributed by atoms with van der Waals surface area (Å²) < 4.78 is 19.0. The van der Waals surface area contributed by atoms with Gasteiger partial charge in [0.25, 0.3) is 0 Å². The average Bonchev–Trinajstić information content (AvgIpc) is 2.83. The Morgan fingerprint density at radius 1 is 0.938 bits per heavy atom. The van der Waals surface area contributed by atoms with Crippen molar-refractivity contribution in [2.45, 2.75) is 0 Å². The number of rotatable bonds is 7. The van der Waals surface area contributed by atoms with Crippen LogP contribution in [-0.2, 0) is 4.74 Å². The Morgan fingerprint density at radius 2 is 1.66 bits per heavy atom. The van der Waals surface area contributed by atoms with Crippen LogP contribution in [-0.4, -0.2) is 29.1 Å². The Labute approximate surface area is 190 Å². The first kappa shape index (κ1) is 21.5. The first-order chi connectivity index (χ1) is 15.6. The SMILES string of the molecule is O=C(OCCN(c1ccc(F)cc1)c1cc(Cl)ncn1)c1ccccc1-c1ccccc1. The number of ether oxygens (including phenoxy) is 1. The molecule has 0 bridgehead atoms. The van der Waals surface area contributed by atoms with Crippen molar-refractivity contribution >= 4 is 29.1 Å². The molecule has 0 aliphatic rings. The lowest BCUT2D eigenvalue weighted by Gasteiger charge is -2.23. The molecule has 4 aromatic rings. The van der Waals surface area contributed by atoms with Gasteiger partial charge in [0.1, 0.15) is 29.7 Å². The van der Waals surface area contributed by atoms with Gasteiger partial charge in [-0.15, -0.1) is 0 Å². The maximum Gasteiger partial charge on any atom is 0.338 e. The standard InChI is InChI=1S/C25H19ClFN3O2/c26-23-16-24(29-17-28-23)30(20-12-10-19(27)11-13-20)14-15-32-25(31)22-9-5-4-8-21(22)18-6-2-1-3-7-18/h1-13,16-17H,14-15H2. The molecule has 0 aliphatic heterocycles. The molecule has 0 amide bonds. The largest absolute Gasteiger partial charge is 0.460 e. The fraction of sp³-hybridized carbons (Fsp3) is 0.0800. The van der Waals surface area contributed by atoms with Gasteiger partial charge in [-0.1, -0.05) is 60.1 Å². The van der Waals surface area contributed by atoms with E-state index >= 15 is 0 Å². The van der Waals surface area contributed by atoms with Crippen LogP contribution in [0.15, 0.2) is 91.3 Å². The maximum atomic E-state index is 13.4. The fourth-order valence-corrected chi connectivity index (χ4v) is 3.45. The van der Waals surface area contributed by atoms with Crippen LogP contribution in [0.25, 0.3) is 11.1 Å². The topological polar surface area (TPSA) is 55.3 Å². The Morgan fingerprint density at radius 3 is 2.41 bits per heavy atom. The number of hydrogen-bond acceptors (Lipinski definition) is 5. The van der Waals surface area contributed by atoms with Gasteiger partial charge in [-0.2, -0.15) is 0 Å². The van der Waals surface area contributed by atoms with Crippen molar-refractivity contribution < 1.29 is 13.9 Å². The summed E-state index contributed by atoms with van der Waals surface area (Å²) in [5.74, 6) is -0.264. The van der Waals surface area contributed by atoms with E-state index < -0.39 is 5.97 Å². The molecule has 0 aliphatic carbocycles. The van der Waals surface area contributed by atoms with E-state index in [2.05, 4.69) is 9.97 Å². The Balaban J connectivity index is 1.51. The highest BCUT2D eigenvalue weighted by Crippen LogP contribution is 2.26. The van der Waals surface area contributed by atoms with Crippen LogP contribution in [0.2, 0.25) is 5.15 Å². The molecule has 5 nitrogen and oxygen atoms in total. The van der Waals surface area contributed by atoms with Crippen molar-refractivity contribution in [3.05, 3.63) is 108 Å². The lowest BCUT2D eigenvalue weighted by Crippen LogP contribution is -2.25. The number of aromatic nitrogens is 2. The molecule has 0 saturated heterocycles. The van der Waals surface area contributed by atoms with E-state index in [9.17, 15) is 9.18 Å². The van der Waals surface area contributed by atoms with Crippen molar-refractivity contribution in [2.24, 2.45) is 0 Å². The van der Waals surface area contributed by atoms with E-state index in [1.54, 1.807) is 35.2 Å². The van der Waals surface area contributed by atoms with Crippen LogP contribution in [0, 0.1) is 5.82 Å². The Bertz CT molecular complexity index is 1200. The van der Waals surface area contributed by atoms with Gasteiger partial charge in [0.05, 0.1) is 12.1 Å². The van der Waals surface area contributed by atoms with Gasteiger partial charge < -0.3 is 9.64 Å². The van der Waals surface area contributed by atoms with Crippen LogP contribution in [0.5, 0.6) is 0 Å². The predicted octanol–water partition coefficient (Wildman–Crippen LogP) is 5.93. The molecule has 7 heteroatoms. The van der Waals surface area contributed by atoms with Crippen LogP contribution >= 0.6 is 11.6 Å². The van der Waals surface area contributed by atoms with E-state index in [-0.39, 0.29) is 24.1 Å². The summed E-state index contributed by atoms with van der Waals surface area (Å²) in [6.07, 6.45) is 1.34. The first-order valence-electron chi connectivity index (χ1n) is 9.94. The first-order valence-corrected chi connectivity index (χ1v) is 10.3. The molecular weight excluding hydrogens is 429 g/mol. The van der Waals surface area contributed by atoms with Crippen molar-refractivity contribution in [2.75, 3.05) is 18.1 Å². The van der Waals surface area contributed by atoms with Crippen molar-refractivity contribution in [1.82, 2.24) is 9.97 Å². The molecule has 0 fully saturated rings. The molecule has 0 spiro atoms. The molecule has 0 saturated carbocycles. The molecule has 1 aromatic heterocycles. The van der Waals surface area contributed by atoms with Crippen molar-refractivity contribution in [3.63, 3.8) is 0 Å². The summed E-state index contributed by atoms with van der Waals surface area (Å²) in [6, 6.07) is 24.5. The van der Waals surface area contributed by atoms with Gasteiger partial charge in [-0.3, -0.25) is 0 Å². The second kappa shape index (κ2) is 10.0. The monoisotopic (exact) mass is 447 g/mol. The van der Waals surface area contributed by atoms with Crippen molar-refractivity contribution in [3.8, 4) is 11.1 Å². The third-order valence-corrected chi connectivity index (χ3v) is 5.02. The van der Waals surface area contributed by atoms with Crippen LogP contribution in [0.3, 0.4) is 0 Å². The van der Waals surface area contributed by atoms with Crippen LogP contribution < -0.4 is 4.90 Å². The van der Waals surface area contributed by atoms with Gasteiger partial charge >= 0.3 is 5.97 Å². The number of carbonyl (C=O) groups is 1. The van der Waals surface area contributed by atoms with Crippen molar-refractivity contribution in [1.29, 1.82) is 0 Å². The second-order valence-electron chi connectivity index (χ2n) is 6.87. The highest BCUT2D eigenvalue weighted by atomic mass is 35.5. The number of anilines is 2. The maximum absolute atomic E-state index is 13.4. The predicted molar refractivity (Wildman–Crippen MR) is 123 cm³/mol. The highest BCUT2D eigenvalue weighted by Gasteiger charge is 2.16. The Kier molecular flexibility index (Phi) is 6.72. The quantitative estimate of drug-likeness (QED) is 0.259. The molecule has 32 heavy (non-hydrogen) atoms. The minimum absolute atomic E-state index is 0.0843. The minimum Gasteiger partial charge on any atom is -0.460 e. The van der Waals surface area contributed by atoms with E-state index in [4.69, 9.17) is 16.3 Å². The normalized spacial score (nSPS) is 10.6. The molecule has 0 atom stereocenters. The molecule has 0 N–H and O–H groups in total. The van der Waals surface area contributed by atoms with Gasteiger partial charge in [0.15, 0.2) is 0 Å². The highest BCUT2D eigenvalue weighted by molar-refractivity contribution is 6.29. The smallest absolute Gasteiger partial charge is 0.338 e. The van der Waals surface area contributed by atoms with E-state index in [1.807, 2.05) is 42.5 Å². The number of esters is 1. The number of carbonyl (C=O) groups excluding carboxylic acids is 1. The summed E-state index contributed by atoms with van der Waals surface area (Å²) >= 11 is 6.02. The van der Waals surface area contributed by atoms with Gasteiger partial charge in [-0.25, -0.2) is 19.2 Å². The fourth-order valence-electron chi connectivity index (χ4n) is 3.31. The minimum atomic E-state index is -0.427. The number of nitrogens with zero attached hydrogens (tertiary/aromatic N) is 3. The number of benzene rings is 3. The summed E-state index contributed by atoms with van der Waals surface area (Å²) in [4.78, 5) is 22.8. The lowest BCUT2D eigenvalue weighted by molar-refractivity contribution is 0.0517. The Hall–Kier alpha value is -3.77. The van der Waals surface area contributed by atoms with E-state index in [0.717, 1.165) is 11.1 Å². The van der Waals surface area contributed by atoms with Gasteiger partial charge in [0, 0.05) is 11.8 Å². The molecule has 0 unspecified atom stereocenters.